The van der Waals surface area contributed by atoms with Crippen molar-refractivity contribution in [2.75, 3.05) is 6.61 Å². The van der Waals surface area contributed by atoms with Crippen LogP contribution in [0.15, 0.2) is 18.2 Å². The number of ether oxygens (including phenoxy) is 4. The van der Waals surface area contributed by atoms with Crippen molar-refractivity contribution < 1.29 is 23.9 Å². The lowest BCUT2D eigenvalue weighted by Gasteiger charge is -2.36. The zero-order chi connectivity index (χ0) is 15.7. The van der Waals surface area contributed by atoms with Gasteiger partial charge in [-0.05, 0) is 26.8 Å². The van der Waals surface area contributed by atoms with Gasteiger partial charge in [0.05, 0.1) is 17.1 Å². The molecule has 0 radical (unpaired) electrons. The van der Waals surface area contributed by atoms with Crippen molar-refractivity contribution in [2.45, 2.75) is 50.5 Å². The summed E-state index contributed by atoms with van der Waals surface area (Å²) in [7, 11) is 0. The summed E-state index contributed by atoms with van der Waals surface area (Å²) < 4.78 is 23.5. The van der Waals surface area contributed by atoms with Gasteiger partial charge in [0.25, 0.3) is 5.69 Å². The van der Waals surface area contributed by atoms with E-state index in [1.165, 1.54) is 12.1 Å². The van der Waals surface area contributed by atoms with Gasteiger partial charge in [-0.2, -0.15) is 0 Å². The molecule has 2 fully saturated rings. The zero-order valence-electron chi connectivity index (χ0n) is 12.6. The molecule has 1 aromatic carbocycles. The smallest absolute Gasteiger partial charge is 0.270 e. The van der Waals surface area contributed by atoms with Crippen molar-refractivity contribution in [2.24, 2.45) is 0 Å². The van der Waals surface area contributed by atoms with Gasteiger partial charge in [0, 0.05) is 17.7 Å². The topological polar surface area (TPSA) is 83.4 Å². The number of nitro benzene ring substituents is 1. The first-order chi connectivity index (χ1) is 10.3. The van der Waals surface area contributed by atoms with Crippen molar-refractivity contribution in [1.29, 1.82) is 0 Å². The Hall–Kier alpha value is -1.70. The second-order valence-electron chi connectivity index (χ2n) is 6.76. The highest BCUT2D eigenvalue weighted by Gasteiger charge is 2.65. The van der Waals surface area contributed by atoms with Crippen molar-refractivity contribution in [3.05, 3.63) is 33.9 Å². The molecule has 22 heavy (non-hydrogen) atoms. The van der Waals surface area contributed by atoms with E-state index in [1.807, 2.05) is 20.8 Å². The molecule has 7 nitrogen and oxygen atoms in total. The standard InChI is InChI=1S/C15H17NO6/c1-14(2)7-19-13(22-14)15(3)12-11(20-12)9-6-8(16(17)18)4-5-10(9)21-15/h4-6,11-13H,7H2,1-3H3. The van der Waals surface area contributed by atoms with Gasteiger partial charge in [0.15, 0.2) is 5.60 Å². The molecule has 4 atom stereocenters. The monoisotopic (exact) mass is 307 g/mol. The van der Waals surface area contributed by atoms with Gasteiger partial charge in [-0.15, -0.1) is 0 Å². The quantitative estimate of drug-likeness (QED) is 0.474. The number of benzene rings is 1. The van der Waals surface area contributed by atoms with Gasteiger partial charge in [-0.25, -0.2) is 0 Å². The summed E-state index contributed by atoms with van der Waals surface area (Å²) in [6, 6.07) is 4.56. The van der Waals surface area contributed by atoms with Crippen LogP contribution in [0.3, 0.4) is 0 Å². The van der Waals surface area contributed by atoms with Crippen molar-refractivity contribution in [1.82, 2.24) is 0 Å². The Bertz CT molecular complexity index is 659. The van der Waals surface area contributed by atoms with Crippen LogP contribution in [-0.4, -0.2) is 35.1 Å². The minimum absolute atomic E-state index is 0.0368. The number of hydrogen-bond donors (Lipinski definition) is 0. The molecular formula is C15H17NO6. The molecule has 4 rings (SSSR count). The van der Waals surface area contributed by atoms with Crippen LogP contribution < -0.4 is 4.74 Å². The minimum atomic E-state index is -0.762. The van der Waals surface area contributed by atoms with Crippen LogP contribution in [0.25, 0.3) is 0 Å². The van der Waals surface area contributed by atoms with E-state index in [0.717, 1.165) is 0 Å². The van der Waals surface area contributed by atoms with E-state index in [2.05, 4.69) is 0 Å². The molecule has 0 saturated carbocycles. The minimum Gasteiger partial charge on any atom is -0.479 e. The number of epoxide rings is 1. The Labute approximate surface area is 127 Å². The highest BCUT2D eigenvalue weighted by Crippen LogP contribution is 2.56. The molecule has 0 bridgehead atoms. The van der Waals surface area contributed by atoms with Gasteiger partial charge in [-0.3, -0.25) is 10.1 Å². The molecule has 3 aliphatic heterocycles. The highest BCUT2D eigenvalue weighted by atomic mass is 16.8. The van der Waals surface area contributed by atoms with E-state index in [0.29, 0.717) is 17.9 Å². The van der Waals surface area contributed by atoms with Crippen LogP contribution in [0.1, 0.15) is 32.4 Å². The molecule has 7 heteroatoms. The van der Waals surface area contributed by atoms with Gasteiger partial charge < -0.3 is 18.9 Å². The molecule has 0 aromatic heterocycles. The first-order valence-corrected chi connectivity index (χ1v) is 7.22. The van der Waals surface area contributed by atoms with E-state index in [1.54, 1.807) is 6.07 Å². The number of nitro groups is 1. The Kier molecular flexibility index (Phi) is 2.65. The lowest BCUT2D eigenvalue weighted by molar-refractivity contribution is -0.385. The van der Waals surface area contributed by atoms with Crippen LogP contribution in [0.4, 0.5) is 5.69 Å². The molecule has 0 amide bonds. The lowest BCUT2D eigenvalue weighted by Crippen LogP contribution is -2.52. The molecule has 0 spiro atoms. The summed E-state index contributed by atoms with van der Waals surface area (Å²) >= 11 is 0. The van der Waals surface area contributed by atoms with Crippen LogP contribution in [-0.2, 0) is 14.2 Å². The molecule has 3 aliphatic rings. The Morgan fingerprint density at radius 2 is 2.09 bits per heavy atom. The first kappa shape index (κ1) is 13.9. The van der Waals surface area contributed by atoms with Crippen molar-refractivity contribution in [3.8, 4) is 5.75 Å². The molecular weight excluding hydrogens is 290 g/mol. The van der Waals surface area contributed by atoms with Gasteiger partial charge in [0.2, 0.25) is 6.29 Å². The van der Waals surface area contributed by atoms with Gasteiger partial charge in [-0.1, -0.05) is 0 Å². The number of hydrogen-bond acceptors (Lipinski definition) is 6. The third-order valence-corrected chi connectivity index (χ3v) is 4.37. The molecule has 118 valence electrons. The number of non-ortho nitro benzene ring substituents is 1. The molecule has 1 aromatic rings. The molecule has 4 unspecified atom stereocenters. The summed E-state index contributed by atoms with van der Waals surface area (Å²) in [5, 5.41) is 10.9. The number of nitrogens with zero attached hydrogens (tertiary/aromatic N) is 1. The summed E-state index contributed by atoms with van der Waals surface area (Å²) in [4.78, 5) is 10.5. The maximum absolute atomic E-state index is 10.9. The summed E-state index contributed by atoms with van der Waals surface area (Å²) in [6.45, 7) is 6.30. The van der Waals surface area contributed by atoms with E-state index in [9.17, 15) is 10.1 Å². The van der Waals surface area contributed by atoms with Crippen LogP contribution in [0.5, 0.6) is 5.75 Å². The number of fused-ring (bicyclic) bond motifs is 3. The Morgan fingerprint density at radius 3 is 2.73 bits per heavy atom. The van der Waals surface area contributed by atoms with Crippen molar-refractivity contribution in [3.63, 3.8) is 0 Å². The largest absolute Gasteiger partial charge is 0.479 e. The fourth-order valence-electron chi connectivity index (χ4n) is 3.14. The predicted octanol–water partition coefficient (Wildman–Crippen LogP) is 2.34. The highest BCUT2D eigenvalue weighted by molar-refractivity contribution is 5.49. The molecule has 0 N–H and O–H groups in total. The normalized spacial score (nSPS) is 37.9. The second-order valence-corrected chi connectivity index (χ2v) is 6.76. The SMILES string of the molecule is CC1(C)COC(C2(C)Oc3ccc([N+](=O)[O-])cc3C3OC32)O1. The molecule has 0 aliphatic carbocycles. The summed E-state index contributed by atoms with van der Waals surface area (Å²) in [5.41, 5.74) is -0.373. The third kappa shape index (κ3) is 1.93. The average molecular weight is 307 g/mol. The Balaban J connectivity index is 1.66. The predicted molar refractivity (Wildman–Crippen MR) is 74.6 cm³/mol. The number of rotatable bonds is 2. The van der Waals surface area contributed by atoms with Gasteiger partial charge >= 0.3 is 0 Å². The molecule has 3 heterocycles. The van der Waals surface area contributed by atoms with E-state index in [4.69, 9.17) is 18.9 Å². The van der Waals surface area contributed by atoms with E-state index < -0.39 is 16.8 Å². The summed E-state index contributed by atoms with van der Waals surface area (Å²) in [6.07, 6.45) is -0.952. The fourth-order valence-corrected chi connectivity index (χ4v) is 3.14. The van der Waals surface area contributed by atoms with Crippen LogP contribution in [0.2, 0.25) is 0 Å². The molecule has 2 saturated heterocycles. The van der Waals surface area contributed by atoms with E-state index >= 15 is 0 Å². The zero-order valence-corrected chi connectivity index (χ0v) is 12.6. The lowest BCUT2D eigenvalue weighted by atomic mass is 9.91. The first-order valence-electron chi connectivity index (χ1n) is 7.22. The summed E-state index contributed by atoms with van der Waals surface area (Å²) in [5.74, 6) is 0.587. The maximum atomic E-state index is 10.9. The van der Waals surface area contributed by atoms with Gasteiger partial charge in [0.1, 0.15) is 18.0 Å². The van der Waals surface area contributed by atoms with Crippen molar-refractivity contribution >= 4 is 5.69 Å². The third-order valence-electron chi connectivity index (χ3n) is 4.37. The Morgan fingerprint density at radius 1 is 1.32 bits per heavy atom. The van der Waals surface area contributed by atoms with Crippen LogP contribution >= 0.6 is 0 Å². The average Bonchev–Trinajstić information content (AvgIpc) is 3.17. The second kappa shape index (κ2) is 4.18. The maximum Gasteiger partial charge on any atom is 0.270 e. The van der Waals surface area contributed by atoms with E-state index in [-0.39, 0.29) is 23.5 Å². The fraction of sp³-hybridized carbons (Fsp3) is 0.600. The van der Waals surface area contributed by atoms with Crippen LogP contribution in [0, 0.1) is 10.1 Å².